The number of aryl methyl sites for hydroxylation is 1. The molecule has 1 aromatic heterocycles. The molecular formula is C16H24ClN5O2S. The number of rotatable bonds is 10. The number of hydrogen-bond acceptors (Lipinski definition) is 7. The minimum Gasteiger partial charge on any atom is -0.493 e. The summed E-state index contributed by atoms with van der Waals surface area (Å²) < 4.78 is 12.8. The Labute approximate surface area is 157 Å². The molecule has 1 N–H and O–H groups in total. The smallest absolute Gasteiger partial charge is 0.209 e. The fourth-order valence-electron chi connectivity index (χ4n) is 2.16. The normalized spacial score (nSPS) is 11.1. The molecule has 9 heteroatoms. The Morgan fingerprint density at radius 2 is 2.16 bits per heavy atom. The highest BCUT2D eigenvalue weighted by Crippen LogP contribution is 2.37. The number of aromatic nitrogens is 4. The first-order valence-electron chi connectivity index (χ1n) is 8.10. The van der Waals surface area contributed by atoms with Gasteiger partial charge < -0.3 is 14.8 Å². The molecule has 2 rings (SSSR count). The molecule has 0 spiro atoms. The van der Waals surface area contributed by atoms with Gasteiger partial charge in [-0.1, -0.05) is 23.4 Å². The molecular weight excluding hydrogens is 362 g/mol. The van der Waals surface area contributed by atoms with Gasteiger partial charge in [0.2, 0.25) is 5.16 Å². The monoisotopic (exact) mass is 385 g/mol. The molecule has 0 atom stereocenters. The number of nitrogens with zero attached hydrogens (tertiary/aromatic N) is 4. The van der Waals surface area contributed by atoms with Crippen LogP contribution in [0, 0.1) is 0 Å². The van der Waals surface area contributed by atoms with Gasteiger partial charge >= 0.3 is 0 Å². The summed E-state index contributed by atoms with van der Waals surface area (Å²) >= 11 is 7.98. The topological polar surface area (TPSA) is 74.1 Å². The van der Waals surface area contributed by atoms with Crippen molar-refractivity contribution in [2.45, 2.75) is 38.1 Å². The van der Waals surface area contributed by atoms with Gasteiger partial charge in [-0.2, -0.15) is 0 Å². The molecule has 1 aromatic carbocycles. The largest absolute Gasteiger partial charge is 0.493 e. The van der Waals surface area contributed by atoms with E-state index in [4.69, 9.17) is 21.1 Å². The molecule has 0 bridgehead atoms. The molecule has 1 heterocycles. The maximum atomic E-state index is 6.33. The summed E-state index contributed by atoms with van der Waals surface area (Å²) in [5.41, 5.74) is 1.06. The lowest BCUT2D eigenvalue weighted by molar-refractivity contribution is 0.230. The highest BCUT2D eigenvalue weighted by molar-refractivity contribution is 7.99. The molecule has 0 fully saturated rings. The van der Waals surface area contributed by atoms with Crippen molar-refractivity contribution in [3.8, 4) is 11.5 Å². The van der Waals surface area contributed by atoms with Crippen LogP contribution in [0.15, 0.2) is 17.3 Å². The standard InChI is InChI=1S/C16H24ClN5O2S/c1-11(2)24-15-13(17)8-12(9-14(15)23-4)10-18-6-5-7-25-16-19-20-21-22(16)3/h8-9,11,18H,5-7,10H2,1-4H3. The number of nitrogens with one attached hydrogen (secondary N) is 1. The van der Waals surface area contributed by atoms with Crippen LogP contribution in [0.5, 0.6) is 11.5 Å². The van der Waals surface area contributed by atoms with Crippen molar-refractivity contribution >= 4 is 23.4 Å². The van der Waals surface area contributed by atoms with Gasteiger partial charge in [-0.3, -0.25) is 0 Å². The van der Waals surface area contributed by atoms with Crippen molar-refractivity contribution in [1.82, 2.24) is 25.5 Å². The van der Waals surface area contributed by atoms with E-state index in [2.05, 4.69) is 20.8 Å². The van der Waals surface area contributed by atoms with Crippen LogP contribution in [0.1, 0.15) is 25.8 Å². The highest BCUT2D eigenvalue weighted by Gasteiger charge is 2.13. The Morgan fingerprint density at radius 1 is 1.36 bits per heavy atom. The quantitative estimate of drug-likeness (QED) is 0.497. The van der Waals surface area contributed by atoms with Crippen LogP contribution in [0.25, 0.3) is 0 Å². The number of tetrazole rings is 1. The summed E-state index contributed by atoms with van der Waals surface area (Å²) in [6.45, 7) is 5.53. The third kappa shape index (κ3) is 6.05. The van der Waals surface area contributed by atoms with Crippen molar-refractivity contribution in [3.05, 3.63) is 22.7 Å². The second-order valence-electron chi connectivity index (χ2n) is 5.74. The summed E-state index contributed by atoms with van der Waals surface area (Å²) in [7, 11) is 3.46. The summed E-state index contributed by atoms with van der Waals surface area (Å²) in [4.78, 5) is 0. The molecule has 0 saturated heterocycles. The predicted octanol–water partition coefficient (Wildman–Crippen LogP) is 2.93. The number of thioether (sulfide) groups is 1. The van der Waals surface area contributed by atoms with Crippen LogP contribution in [-0.4, -0.2) is 45.7 Å². The number of methoxy groups -OCH3 is 1. The van der Waals surface area contributed by atoms with Gasteiger partial charge in [0.25, 0.3) is 0 Å². The first-order valence-corrected chi connectivity index (χ1v) is 9.46. The first-order chi connectivity index (χ1) is 12.0. The molecule has 0 unspecified atom stereocenters. The van der Waals surface area contributed by atoms with E-state index in [0.717, 1.165) is 29.4 Å². The van der Waals surface area contributed by atoms with Gasteiger partial charge in [0, 0.05) is 19.3 Å². The molecule has 25 heavy (non-hydrogen) atoms. The molecule has 0 aliphatic rings. The van der Waals surface area contributed by atoms with Crippen LogP contribution in [0.3, 0.4) is 0 Å². The number of benzene rings is 1. The second-order valence-corrected chi connectivity index (χ2v) is 7.21. The van der Waals surface area contributed by atoms with Crippen LogP contribution >= 0.6 is 23.4 Å². The van der Waals surface area contributed by atoms with Crippen molar-refractivity contribution < 1.29 is 9.47 Å². The Kier molecular flexibility index (Phi) is 7.80. The number of hydrogen-bond donors (Lipinski definition) is 1. The molecule has 7 nitrogen and oxygen atoms in total. The molecule has 0 amide bonds. The minimum absolute atomic E-state index is 0.0389. The Balaban J connectivity index is 1.78. The predicted molar refractivity (Wildman–Crippen MR) is 99.6 cm³/mol. The zero-order chi connectivity index (χ0) is 18.2. The number of halogens is 1. The van der Waals surface area contributed by atoms with Gasteiger partial charge in [0.05, 0.1) is 18.2 Å². The third-order valence-corrected chi connectivity index (χ3v) is 4.66. The van der Waals surface area contributed by atoms with Crippen LogP contribution < -0.4 is 14.8 Å². The molecule has 0 aliphatic carbocycles. The van der Waals surface area contributed by atoms with E-state index >= 15 is 0 Å². The zero-order valence-electron chi connectivity index (χ0n) is 15.0. The summed E-state index contributed by atoms with van der Waals surface area (Å²) in [5, 5.41) is 16.2. The van der Waals surface area contributed by atoms with Crippen molar-refractivity contribution in [2.75, 3.05) is 19.4 Å². The Bertz CT molecular complexity index is 681. The lowest BCUT2D eigenvalue weighted by atomic mass is 10.2. The lowest BCUT2D eigenvalue weighted by Gasteiger charge is -2.16. The van der Waals surface area contributed by atoms with Gasteiger partial charge in [-0.15, -0.1) is 5.10 Å². The van der Waals surface area contributed by atoms with Crippen molar-refractivity contribution in [1.29, 1.82) is 0 Å². The maximum absolute atomic E-state index is 6.33. The average molecular weight is 386 g/mol. The zero-order valence-corrected chi connectivity index (χ0v) is 16.5. The van der Waals surface area contributed by atoms with Gasteiger partial charge in [0.1, 0.15) is 0 Å². The molecule has 138 valence electrons. The average Bonchev–Trinajstić information content (AvgIpc) is 2.97. The number of ether oxygens (including phenoxy) is 2. The summed E-state index contributed by atoms with van der Waals surface area (Å²) in [5.74, 6) is 2.20. The van der Waals surface area contributed by atoms with Gasteiger partial charge in [0.15, 0.2) is 11.5 Å². The van der Waals surface area contributed by atoms with Gasteiger partial charge in [-0.25, -0.2) is 4.68 Å². The fourth-order valence-corrected chi connectivity index (χ4v) is 3.23. The molecule has 0 radical (unpaired) electrons. The Morgan fingerprint density at radius 3 is 2.80 bits per heavy atom. The third-order valence-electron chi connectivity index (χ3n) is 3.28. The van der Waals surface area contributed by atoms with E-state index in [1.807, 2.05) is 33.0 Å². The second kappa shape index (κ2) is 9.84. The summed E-state index contributed by atoms with van der Waals surface area (Å²) in [6, 6.07) is 3.87. The summed E-state index contributed by atoms with van der Waals surface area (Å²) in [6.07, 6.45) is 1.05. The van der Waals surface area contributed by atoms with Crippen LogP contribution in [-0.2, 0) is 13.6 Å². The van der Waals surface area contributed by atoms with Crippen molar-refractivity contribution in [3.63, 3.8) is 0 Å². The van der Waals surface area contributed by atoms with E-state index in [9.17, 15) is 0 Å². The van der Waals surface area contributed by atoms with E-state index in [1.165, 1.54) is 0 Å². The van der Waals surface area contributed by atoms with Crippen LogP contribution in [0.2, 0.25) is 5.02 Å². The highest BCUT2D eigenvalue weighted by atomic mass is 35.5. The maximum Gasteiger partial charge on any atom is 0.209 e. The molecule has 2 aromatic rings. The van der Waals surface area contributed by atoms with E-state index in [-0.39, 0.29) is 6.10 Å². The molecule has 0 aliphatic heterocycles. The minimum atomic E-state index is 0.0389. The van der Waals surface area contributed by atoms with E-state index in [0.29, 0.717) is 23.1 Å². The van der Waals surface area contributed by atoms with Crippen molar-refractivity contribution in [2.24, 2.45) is 7.05 Å². The fraction of sp³-hybridized carbons (Fsp3) is 0.562. The lowest BCUT2D eigenvalue weighted by Crippen LogP contribution is -2.15. The SMILES string of the molecule is COc1cc(CNCCCSc2nnnn2C)cc(Cl)c1OC(C)C. The van der Waals surface area contributed by atoms with E-state index < -0.39 is 0 Å². The van der Waals surface area contributed by atoms with Crippen LogP contribution in [0.4, 0.5) is 0 Å². The first kappa shape index (κ1) is 19.8. The Hall–Kier alpha value is -1.51. The van der Waals surface area contributed by atoms with Gasteiger partial charge in [-0.05, 0) is 54.9 Å². The van der Waals surface area contributed by atoms with E-state index in [1.54, 1.807) is 23.6 Å². The molecule has 0 saturated carbocycles.